The van der Waals surface area contributed by atoms with E-state index in [2.05, 4.69) is 10.3 Å². The lowest BCUT2D eigenvalue weighted by Gasteiger charge is -2.40. The molecule has 2 aliphatic rings. The summed E-state index contributed by atoms with van der Waals surface area (Å²) in [5, 5.41) is 2.88. The molecule has 2 amide bonds. The first-order chi connectivity index (χ1) is 14.4. The number of benzene rings is 1. The number of likely N-dealkylation sites (tertiary alicyclic amines) is 1. The van der Waals surface area contributed by atoms with Crippen LogP contribution in [0.3, 0.4) is 0 Å². The van der Waals surface area contributed by atoms with Gasteiger partial charge in [-0.2, -0.15) is 0 Å². The Labute approximate surface area is 175 Å². The number of hydrogen-bond donors (Lipinski definition) is 1. The monoisotopic (exact) mass is 407 g/mol. The van der Waals surface area contributed by atoms with E-state index in [0.29, 0.717) is 43.7 Å². The third kappa shape index (κ3) is 3.79. The Morgan fingerprint density at radius 2 is 2.03 bits per heavy atom. The first kappa shape index (κ1) is 20.1. The molecule has 0 saturated carbocycles. The number of nitrogens with one attached hydrogen (secondary N) is 1. The molecule has 1 N–H and O–H groups in total. The first-order valence-corrected chi connectivity index (χ1v) is 10.2. The van der Waals surface area contributed by atoms with Gasteiger partial charge in [-0.3, -0.25) is 9.59 Å². The molecule has 4 rings (SSSR count). The molecule has 2 atom stereocenters. The maximum absolute atomic E-state index is 13.3. The van der Waals surface area contributed by atoms with Crippen molar-refractivity contribution in [3.05, 3.63) is 59.3 Å². The van der Waals surface area contributed by atoms with Crippen molar-refractivity contribution >= 4 is 23.6 Å². The number of aryl methyl sites for hydroxylation is 1. The van der Waals surface area contributed by atoms with Crippen molar-refractivity contribution in [2.75, 3.05) is 18.4 Å². The number of anilines is 1. The molecule has 7 nitrogen and oxygen atoms in total. The highest BCUT2D eigenvalue weighted by Crippen LogP contribution is 2.31. The van der Waals surface area contributed by atoms with Crippen molar-refractivity contribution in [1.29, 1.82) is 0 Å². The summed E-state index contributed by atoms with van der Waals surface area (Å²) in [6.45, 7) is 4.38. The molecule has 0 spiro atoms. The number of piperidine rings is 1. The highest BCUT2D eigenvalue weighted by Gasteiger charge is 2.46. The predicted octanol–water partition coefficient (Wildman–Crippen LogP) is 2.74. The highest BCUT2D eigenvalue weighted by atomic mass is 16.6. The van der Waals surface area contributed by atoms with E-state index in [0.717, 1.165) is 11.1 Å². The maximum atomic E-state index is 13.3. The van der Waals surface area contributed by atoms with Crippen molar-refractivity contribution in [1.82, 2.24) is 9.88 Å². The fourth-order valence-electron chi connectivity index (χ4n) is 4.20. The number of carbonyl (C=O) groups is 3. The molecular weight excluding hydrogens is 382 g/mol. The third-order valence-corrected chi connectivity index (χ3v) is 5.87. The Bertz CT molecular complexity index is 1010. The van der Waals surface area contributed by atoms with E-state index in [-0.39, 0.29) is 17.7 Å². The van der Waals surface area contributed by atoms with Crippen LogP contribution in [0.1, 0.15) is 41.3 Å². The number of carbonyl (C=O) groups excluding carboxylic acids is 3. The van der Waals surface area contributed by atoms with E-state index in [1.165, 1.54) is 0 Å². The van der Waals surface area contributed by atoms with Crippen LogP contribution in [-0.2, 0) is 20.7 Å². The smallest absolute Gasteiger partial charge is 0.339 e. The van der Waals surface area contributed by atoms with Gasteiger partial charge in [0.15, 0.2) is 5.60 Å². The lowest BCUT2D eigenvalue weighted by Crippen LogP contribution is -2.56. The quantitative estimate of drug-likeness (QED) is 0.791. The van der Waals surface area contributed by atoms with Gasteiger partial charge in [0, 0.05) is 25.7 Å². The average molecular weight is 407 g/mol. The van der Waals surface area contributed by atoms with Crippen LogP contribution in [-0.4, -0.2) is 46.4 Å². The zero-order valence-corrected chi connectivity index (χ0v) is 17.2. The minimum Gasteiger partial charge on any atom is -0.445 e. The number of amides is 2. The lowest BCUT2D eigenvalue weighted by atomic mass is 9.87. The Morgan fingerprint density at radius 3 is 2.83 bits per heavy atom. The molecule has 2 aromatic rings. The fourth-order valence-corrected chi connectivity index (χ4v) is 4.20. The summed E-state index contributed by atoms with van der Waals surface area (Å²) >= 11 is 0. The number of cyclic esters (lactones) is 1. The van der Waals surface area contributed by atoms with Crippen LogP contribution in [0.5, 0.6) is 0 Å². The van der Waals surface area contributed by atoms with Gasteiger partial charge in [0.05, 0.1) is 11.5 Å². The largest absolute Gasteiger partial charge is 0.445 e. The molecule has 2 unspecified atom stereocenters. The van der Waals surface area contributed by atoms with Crippen molar-refractivity contribution in [3.8, 4) is 0 Å². The molecule has 0 radical (unpaired) electrons. The maximum Gasteiger partial charge on any atom is 0.339 e. The first-order valence-electron chi connectivity index (χ1n) is 10.2. The molecule has 7 heteroatoms. The molecule has 1 fully saturated rings. The van der Waals surface area contributed by atoms with Crippen molar-refractivity contribution in [3.63, 3.8) is 0 Å². The van der Waals surface area contributed by atoms with Crippen LogP contribution in [0.4, 0.5) is 5.82 Å². The minimum atomic E-state index is -1.26. The van der Waals surface area contributed by atoms with Gasteiger partial charge in [0.25, 0.3) is 5.91 Å². The van der Waals surface area contributed by atoms with Crippen LogP contribution in [0, 0.1) is 12.8 Å². The van der Waals surface area contributed by atoms with Crippen LogP contribution in [0.15, 0.2) is 42.6 Å². The second-order valence-electron chi connectivity index (χ2n) is 8.20. The number of pyridine rings is 1. The van der Waals surface area contributed by atoms with Crippen molar-refractivity contribution in [2.24, 2.45) is 5.92 Å². The van der Waals surface area contributed by atoms with Crippen LogP contribution < -0.4 is 5.32 Å². The second kappa shape index (κ2) is 7.89. The predicted molar refractivity (Wildman–Crippen MR) is 111 cm³/mol. The molecule has 0 bridgehead atoms. The second-order valence-corrected chi connectivity index (χ2v) is 8.20. The molecular formula is C23H25N3O4. The Kier molecular flexibility index (Phi) is 5.28. The number of hydrogen-bond acceptors (Lipinski definition) is 5. The van der Waals surface area contributed by atoms with Gasteiger partial charge in [-0.1, -0.05) is 24.3 Å². The van der Waals surface area contributed by atoms with Gasteiger partial charge in [0.1, 0.15) is 5.82 Å². The summed E-state index contributed by atoms with van der Waals surface area (Å²) in [4.78, 5) is 44.4. The van der Waals surface area contributed by atoms with Gasteiger partial charge in [0.2, 0.25) is 5.91 Å². The van der Waals surface area contributed by atoms with E-state index >= 15 is 0 Å². The van der Waals surface area contributed by atoms with Crippen molar-refractivity contribution in [2.45, 2.75) is 38.7 Å². The normalized spacial score (nSPS) is 23.3. The zero-order valence-electron chi connectivity index (χ0n) is 17.2. The standard InChI is InChI=1S/C23H25N3O4/c1-15-7-5-11-24-19(15)25-20(27)17-9-6-12-26(14-17)22(29)23(2)13-16-8-3-4-10-18(16)21(28)30-23/h3-5,7-8,10-11,17H,6,9,12-14H2,1-2H3,(H,24,25,27). The lowest BCUT2D eigenvalue weighted by molar-refractivity contribution is -0.153. The Hall–Kier alpha value is -3.22. The van der Waals surface area contributed by atoms with E-state index in [1.54, 1.807) is 30.2 Å². The molecule has 0 aliphatic carbocycles. The van der Waals surface area contributed by atoms with Gasteiger partial charge < -0.3 is 15.0 Å². The number of fused-ring (bicyclic) bond motifs is 1. The molecule has 1 saturated heterocycles. The van der Waals surface area contributed by atoms with Gasteiger partial charge in [-0.25, -0.2) is 9.78 Å². The zero-order chi connectivity index (χ0) is 21.3. The molecule has 1 aromatic heterocycles. The molecule has 3 heterocycles. The SMILES string of the molecule is Cc1cccnc1NC(=O)C1CCCN(C(=O)C2(C)Cc3ccccc3C(=O)O2)C1. The van der Waals surface area contributed by atoms with E-state index < -0.39 is 11.6 Å². The molecule has 1 aromatic carbocycles. The van der Waals surface area contributed by atoms with E-state index in [9.17, 15) is 14.4 Å². The highest BCUT2D eigenvalue weighted by molar-refractivity contribution is 5.98. The topological polar surface area (TPSA) is 88.6 Å². The molecule has 30 heavy (non-hydrogen) atoms. The van der Waals surface area contributed by atoms with E-state index in [1.807, 2.05) is 31.2 Å². The van der Waals surface area contributed by atoms with Crippen LogP contribution in [0.2, 0.25) is 0 Å². The number of aromatic nitrogens is 1. The number of nitrogens with zero attached hydrogens (tertiary/aromatic N) is 2. The number of rotatable bonds is 3. The molecule has 156 valence electrons. The van der Waals surface area contributed by atoms with Crippen LogP contribution >= 0.6 is 0 Å². The minimum absolute atomic E-state index is 0.148. The van der Waals surface area contributed by atoms with E-state index in [4.69, 9.17) is 4.74 Å². The summed E-state index contributed by atoms with van der Waals surface area (Å²) in [7, 11) is 0. The average Bonchev–Trinajstić information content (AvgIpc) is 2.75. The van der Waals surface area contributed by atoms with Crippen LogP contribution in [0.25, 0.3) is 0 Å². The Balaban J connectivity index is 1.47. The summed E-state index contributed by atoms with van der Waals surface area (Å²) in [5.74, 6) is -0.679. The Morgan fingerprint density at radius 1 is 1.23 bits per heavy atom. The molecule has 2 aliphatic heterocycles. The van der Waals surface area contributed by atoms with Gasteiger partial charge in [-0.15, -0.1) is 0 Å². The summed E-state index contributed by atoms with van der Waals surface area (Å²) < 4.78 is 5.58. The fraction of sp³-hybridized carbons (Fsp3) is 0.391. The third-order valence-electron chi connectivity index (χ3n) is 5.87. The summed E-state index contributed by atoms with van der Waals surface area (Å²) in [6.07, 6.45) is 3.37. The van der Waals surface area contributed by atoms with Gasteiger partial charge >= 0.3 is 5.97 Å². The summed E-state index contributed by atoms with van der Waals surface area (Å²) in [6, 6.07) is 10.9. The van der Waals surface area contributed by atoms with Crippen molar-refractivity contribution < 1.29 is 19.1 Å². The van der Waals surface area contributed by atoms with Gasteiger partial charge in [-0.05, 0) is 49.9 Å². The number of ether oxygens (including phenoxy) is 1. The number of esters is 1. The summed E-state index contributed by atoms with van der Waals surface area (Å²) in [5.41, 5.74) is 0.933.